The van der Waals surface area contributed by atoms with Crippen LogP contribution in [0.2, 0.25) is 0 Å². The van der Waals surface area contributed by atoms with Crippen molar-refractivity contribution in [3.8, 4) is 17.0 Å². The van der Waals surface area contributed by atoms with Gasteiger partial charge in [-0.1, -0.05) is 47.1 Å². The second-order valence-electron chi connectivity index (χ2n) is 9.18. The van der Waals surface area contributed by atoms with Crippen molar-refractivity contribution < 1.29 is 9.53 Å². The number of carbonyl (C=O) groups is 1. The smallest absolute Gasteiger partial charge is 0.254 e. The summed E-state index contributed by atoms with van der Waals surface area (Å²) in [6.45, 7) is 6.23. The second kappa shape index (κ2) is 10.8. The molecule has 1 aliphatic heterocycles. The monoisotopic (exact) mass is 543 g/mol. The van der Waals surface area contributed by atoms with E-state index in [1.807, 2.05) is 53.4 Å². The first-order valence-electron chi connectivity index (χ1n) is 12.4. The van der Waals surface area contributed by atoms with Crippen molar-refractivity contribution in [2.75, 3.05) is 33.3 Å². The largest absolute Gasteiger partial charge is 0.497 e. The van der Waals surface area contributed by atoms with E-state index in [0.29, 0.717) is 18.7 Å². The lowest BCUT2D eigenvalue weighted by Crippen LogP contribution is -2.48. The molecule has 4 aromatic rings. The number of pyridine rings is 1. The van der Waals surface area contributed by atoms with Gasteiger partial charge < -0.3 is 9.64 Å². The van der Waals surface area contributed by atoms with Crippen LogP contribution >= 0.6 is 15.9 Å². The predicted molar refractivity (Wildman–Crippen MR) is 148 cm³/mol. The van der Waals surface area contributed by atoms with Gasteiger partial charge >= 0.3 is 0 Å². The average Bonchev–Trinajstić information content (AvgIpc) is 2.93. The molecule has 1 aliphatic rings. The van der Waals surface area contributed by atoms with E-state index in [1.54, 1.807) is 7.11 Å². The Morgan fingerprint density at radius 2 is 1.61 bits per heavy atom. The third kappa shape index (κ3) is 5.30. The Balaban J connectivity index is 1.37. The third-order valence-electron chi connectivity index (χ3n) is 6.88. The molecular formula is C30H30BrN3O2. The zero-order valence-electron chi connectivity index (χ0n) is 20.7. The molecule has 0 unspecified atom stereocenters. The van der Waals surface area contributed by atoms with Gasteiger partial charge in [-0.15, -0.1) is 0 Å². The second-order valence-corrected chi connectivity index (χ2v) is 10.1. The molecule has 5 rings (SSSR count). The Bertz CT molecular complexity index is 1360. The molecule has 3 aromatic carbocycles. The van der Waals surface area contributed by atoms with Gasteiger partial charge in [-0.05, 0) is 66.1 Å². The molecule has 0 bridgehead atoms. The highest BCUT2D eigenvalue weighted by atomic mass is 79.9. The highest BCUT2D eigenvalue weighted by Gasteiger charge is 2.24. The van der Waals surface area contributed by atoms with Crippen molar-refractivity contribution in [2.24, 2.45) is 0 Å². The number of fused-ring (bicyclic) bond motifs is 1. The summed E-state index contributed by atoms with van der Waals surface area (Å²) in [5.41, 5.74) is 5.92. The maximum Gasteiger partial charge on any atom is 0.254 e. The number of halogens is 1. The van der Waals surface area contributed by atoms with E-state index in [4.69, 9.17) is 9.72 Å². The van der Waals surface area contributed by atoms with Gasteiger partial charge in [-0.2, -0.15) is 0 Å². The molecule has 1 fully saturated rings. The Morgan fingerprint density at radius 3 is 2.28 bits per heavy atom. The molecule has 0 aliphatic carbocycles. The Morgan fingerprint density at radius 1 is 0.917 bits per heavy atom. The maximum atomic E-state index is 13.8. The molecule has 0 spiro atoms. The van der Waals surface area contributed by atoms with Crippen LogP contribution in [0.1, 0.15) is 28.4 Å². The number of benzene rings is 3. The Hall–Kier alpha value is -3.22. The highest BCUT2D eigenvalue weighted by Crippen LogP contribution is 2.29. The summed E-state index contributed by atoms with van der Waals surface area (Å²) in [7, 11) is 1.65. The molecule has 36 heavy (non-hydrogen) atoms. The van der Waals surface area contributed by atoms with E-state index < -0.39 is 0 Å². The summed E-state index contributed by atoms with van der Waals surface area (Å²) in [6, 6.07) is 24.5. The summed E-state index contributed by atoms with van der Waals surface area (Å²) < 4.78 is 6.23. The summed E-state index contributed by atoms with van der Waals surface area (Å²) >= 11 is 3.57. The van der Waals surface area contributed by atoms with Crippen LogP contribution < -0.4 is 4.74 Å². The molecule has 6 heteroatoms. The van der Waals surface area contributed by atoms with Crippen LogP contribution in [0.25, 0.3) is 22.2 Å². The standard InChI is InChI=1S/C30H30BrN3O2/c1-3-21-4-6-22(7-5-21)20-33-14-16-34(17-15-33)30(35)27-19-29(23-8-11-25(36-2)12-9-23)32-28-13-10-24(31)18-26(27)28/h4-13,18-19H,3,14-17,20H2,1-2H3. The van der Waals surface area contributed by atoms with Gasteiger partial charge in [0.15, 0.2) is 0 Å². The van der Waals surface area contributed by atoms with Crippen molar-refractivity contribution in [2.45, 2.75) is 19.9 Å². The van der Waals surface area contributed by atoms with E-state index in [2.05, 4.69) is 52.0 Å². The summed E-state index contributed by atoms with van der Waals surface area (Å²) in [6.07, 6.45) is 1.06. The first-order chi connectivity index (χ1) is 17.5. The summed E-state index contributed by atoms with van der Waals surface area (Å²) in [5.74, 6) is 0.848. The number of hydrogen-bond acceptors (Lipinski definition) is 4. The van der Waals surface area contributed by atoms with E-state index in [0.717, 1.165) is 58.4 Å². The van der Waals surface area contributed by atoms with Crippen LogP contribution in [-0.2, 0) is 13.0 Å². The van der Waals surface area contributed by atoms with Gasteiger partial charge in [-0.25, -0.2) is 4.98 Å². The van der Waals surface area contributed by atoms with Gasteiger partial charge in [-0.3, -0.25) is 9.69 Å². The lowest BCUT2D eigenvalue weighted by Gasteiger charge is -2.35. The molecule has 2 heterocycles. The van der Waals surface area contributed by atoms with Gasteiger partial charge in [0.05, 0.1) is 23.9 Å². The van der Waals surface area contributed by atoms with Crippen LogP contribution in [0.5, 0.6) is 5.75 Å². The van der Waals surface area contributed by atoms with Crippen LogP contribution in [0, 0.1) is 0 Å². The molecular weight excluding hydrogens is 514 g/mol. The summed E-state index contributed by atoms with van der Waals surface area (Å²) in [5, 5.41) is 0.866. The number of hydrogen-bond donors (Lipinski definition) is 0. The number of aryl methyl sites for hydroxylation is 1. The number of aromatic nitrogens is 1. The Kier molecular flexibility index (Phi) is 7.35. The number of ether oxygens (including phenoxy) is 1. The molecule has 0 radical (unpaired) electrons. The minimum absolute atomic E-state index is 0.0576. The molecule has 184 valence electrons. The predicted octanol–water partition coefficient (Wildman–Crippen LogP) is 6.19. The molecule has 1 saturated heterocycles. The van der Waals surface area contributed by atoms with E-state index in [9.17, 15) is 4.79 Å². The topological polar surface area (TPSA) is 45.7 Å². The molecule has 1 amide bonds. The van der Waals surface area contributed by atoms with Gasteiger partial charge in [0.25, 0.3) is 5.91 Å². The van der Waals surface area contributed by atoms with E-state index >= 15 is 0 Å². The lowest BCUT2D eigenvalue weighted by atomic mass is 10.0. The van der Waals surface area contributed by atoms with Crippen molar-refractivity contribution in [3.05, 3.63) is 94.0 Å². The zero-order chi connectivity index (χ0) is 25.1. The molecule has 0 saturated carbocycles. The number of amides is 1. The normalized spacial score (nSPS) is 14.2. The Labute approximate surface area is 220 Å². The molecule has 1 aromatic heterocycles. The quantitative estimate of drug-likeness (QED) is 0.290. The SMILES string of the molecule is CCc1ccc(CN2CCN(C(=O)c3cc(-c4ccc(OC)cc4)nc4ccc(Br)cc34)CC2)cc1. The summed E-state index contributed by atoms with van der Waals surface area (Å²) in [4.78, 5) is 23.1. The first kappa shape index (κ1) is 24.5. The number of carbonyl (C=O) groups excluding carboxylic acids is 1. The lowest BCUT2D eigenvalue weighted by molar-refractivity contribution is 0.0630. The van der Waals surface area contributed by atoms with E-state index in [-0.39, 0.29) is 5.91 Å². The fraction of sp³-hybridized carbons (Fsp3) is 0.267. The molecule has 0 atom stereocenters. The van der Waals surface area contributed by atoms with Crippen LogP contribution in [0.3, 0.4) is 0 Å². The number of methoxy groups -OCH3 is 1. The van der Waals surface area contributed by atoms with Gasteiger partial charge in [0.1, 0.15) is 5.75 Å². The third-order valence-corrected chi connectivity index (χ3v) is 7.38. The number of rotatable bonds is 6. The zero-order valence-corrected chi connectivity index (χ0v) is 22.3. The van der Waals surface area contributed by atoms with Crippen LogP contribution in [-0.4, -0.2) is 54.0 Å². The van der Waals surface area contributed by atoms with Crippen molar-refractivity contribution in [1.29, 1.82) is 0 Å². The van der Waals surface area contributed by atoms with Crippen molar-refractivity contribution in [1.82, 2.24) is 14.8 Å². The number of nitrogens with zero attached hydrogens (tertiary/aromatic N) is 3. The first-order valence-corrected chi connectivity index (χ1v) is 13.2. The van der Waals surface area contributed by atoms with Crippen molar-refractivity contribution in [3.63, 3.8) is 0 Å². The fourth-order valence-corrected chi connectivity index (χ4v) is 5.06. The number of piperazine rings is 1. The van der Waals surface area contributed by atoms with Crippen LogP contribution in [0.15, 0.2) is 77.3 Å². The molecule has 5 nitrogen and oxygen atoms in total. The van der Waals surface area contributed by atoms with E-state index in [1.165, 1.54) is 11.1 Å². The van der Waals surface area contributed by atoms with Crippen LogP contribution in [0.4, 0.5) is 0 Å². The van der Waals surface area contributed by atoms with Gasteiger partial charge in [0.2, 0.25) is 0 Å². The minimum Gasteiger partial charge on any atom is -0.497 e. The van der Waals surface area contributed by atoms with Gasteiger partial charge in [0, 0.05) is 48.1 Å². The highest BCUT2D eigenvalue weighted by molar-refractivity contribution is 9.10. The van der Waals surface area contributed by atoms with Crippen molar-refractivity contribution >= 4 is 32.7 Å². The average molecular weight is 544 g/mol. The molecule has 0 N–H and O–H groups in total. The minimum atomic E-state index is 0.0576. The fourth-order valence-electron chi connectivity index (χ4n) is 4.70. The maximum absolute atomic E-state index is 13.8.